The van der Waals surface area contributed by atoms with Gasteiger partial charge in [0.2, 0.25) is 0 Å². The van der Waals surface area contributed by atoms with E-state index in [1.807, 2.05) is 6.07 Å². The summed E-state index contributed by atoms with van der Waals surface area (Å²) in [5, 5.41) is 3.62. The summed E-state index contributed by atoms with van der Waals surface area (Å²) in [5.41, 5.74) is 0. The molecule has 2 unspecified atom stereocenters. The molecule has 0 bridgehead atoms. The predicted molar refractivity (Wildman–Crippen MR) is 79.1 cm³/mol. The van der Waals surface area contributed by atoms with Gasteiger partial charge in [-0.15, -0.1) is 11.3 Å². The SMILES string of the molecule is CCCCC(CC)CNC(C)c1ccc(Cl)s1. The first-order valence-electron chi connectivity index (χ1n) is 6.66. The van der Waals surface area contributed by atoms with Gasteiger partial charge in [0.15, 0.2) is 0 Å². The van der Waals surface area contributed by atoms with Gasteiger partial charge >= 0.3 is 0 Å². The lowest BCUT2D eigenvalue weighted by Gasteiger charge is -2.18. The van der Waals surface area contributed by atoms with Crippen molar-refractivity contribution in [2.24, 2.45) is 5.92 Å². The van der Waals surface area contributed by atoms with E-state index in [1.54, 1.807) is 11.3 Å². The molecule has 0 radical (unpaired) electrons. The van der Waals surface area contributed by atoms with Gasteiger partial charge in [-0.25, -0.2) is 0 Å². The van der Waals surface area contributed by atoms with Crippen molar-refractivity contribution >= 4 is 22.9 Å². The van der Waals surface area contributed by atoms with Gasteiger partial charge in [0.05, 0.1) is 4.34 Å². The Hall–Kier alpha value is -0.0500. The van der Waals surface area contributed by atoms with E-state index in [2.05, 4.69) is 32.2 Å². The van der Waals surface area contributed by atoms with Crippen molar-refractivity contribution in [3.63, 3.8) is 0 Å². The van der Waals surface area contributed by atoms with E-state index in [-0.39, 0.29) is 0 Å². The normalized spacial score (nSPS) is 14.8. The van der Waals surface area contributed by atoms with Crippen LogP contribution < -0.4 is 5.32 Å². The monoisotopic (exact) mass is 273 g/mol. The third kappa shape index (κ3) is 5.41. The molecule has 0 amide bonds. The van der Waals surface area contributed by atoms with Crippen LogP contribution in [0.3, 0.4) is 0 Å². The van der Waals surface area contributed by atoms with Crippen molar-refractivity contribution in [1.82, 2.24) is 5.32 Å². The average molecular weight is 274 g/mol. The number of unbranched alkanes of at least 4 members (excludes halogenated alkanes) is 1. The van der Waals surface area contributed by atoms with Gasteiger partial charge in [0.25, 0.3) is 0 Å². The fourth-order valence-corrected chi connectivity index (χ4v) is 3.04. The minimum atomic E-state index is 0.420. The maximum absolute atomic E-state index is 5.95. The standard InChI is InChI=1S/C14H24ClNS/c1-4-6-7-12(5-2)10-16-11(3)13-8-9-14(15)17-13/h8-9,11-12,16H,4-7,10H2,1-3H3. The quantitative estimate of drug-likeness (QED) is 0.680. The van der Waals surface area contributed by atoms with E-state index in [1.165, 1.54) is 30.6 Å². The molecule has 2 atom stereocenters. The van der Waals surface area contributed by atoms with Gasteiger partial charge in [-0.1, -0.05) is 44.7 Å². The largest absolute Gasteiger partial charge is 0.309 e. The third-order valence-corrected chi connectivity index (χ3v) is 4.69. The molecule has 0 aromatic carbocycles. The molecule has 1 nitrogen and oxygen atoms in total. The van der Waals surface area contributed by atoms with E-state index < -0.39 is 0 Å². The second-order valence-corrected chi connectivity index (χ2v) is 6.43. The fraction of sp³-hybridized carbons (Fsp3) is 0.714. The first-order valence-corrected chi connectivity index (χ1v) is 7.85. The predicted octanol–water partition coefficient (Wildman–Crippen LogP) is 5.27. The summed E-state index contributed by atoms with van der Waals surface area (Å²) in [5.74, 6) is 0.813. The van der Waals surface area contributed by atoms with Crippen molar-refractivity contribution in [3.8, 4) is 0 Å². The Morgan fingerprint density at radius 2 is 2.12 bits per heavy atom. The minimum absolute atomic E-state index is 0.420. The van der Waals surface area contributed by atoms with Crippen LogP contribution in [0.1, 0.15) is 57.4 Å². The van der Waals surface area contributed by atoms with Gasteiger partial charge in [-0.2, -0.15) is 0 Å². The summed E-state index contributed by atoms with van der Waals surface area (Å²) >= 11 is 7.63. The van der Waals surface area contributed by atoms with Gasteiger partial charge in [-0.3, -0.25) is 0 Å². The molecule has 98 valence electrons. The van der Waals surface area contributed by atoms with Gasteiger partial charge < -0.3 is 5.32 Å². The smallest absolute Gasteiger partial charge is 0.0931 e. The number of hydrogen-bond donors (Lipinski definition) is 1. The Morgan fingerprint density at radius 1 is 1.35 bits per heavy atom. The Bertz CT molecular complexity index is 311. The van der Waals surface area contributed by atoms with Crippen molar-refractivity contribution in [2.75, 3.05) is 6.54 Å². The van der Waals surface area contributed by atoms with E-state index in [0.717, 1.165) is 16.8 Å². The minimum Gasteiger partial charge on any atom is -0.309 e. The lowest BCUT2D eigenvalue weighted by Crippen LogP contribution is -2.25. The van der Waals surface area contributed by atoms with E-state index >= 15 is 0 Å². The number of hydrogen-bond acceptors (Lipinski definition) is 2. The van der Waals surface area contributed by atoms with Crippen molar-refractivity contribution in [2.45, 2.75) is 52.5 Å². The lowest BCUT2D eigenvalue weighted by molar-refractivity contribution is 0.400. The highest BCUT2D eigenvalue weighted by atomic mass is 35.5. The van der Waals surface area contributed by atoms with E-state index in [0.29, 0.717) is 6.04 Å². The molecule has 1 N–H and O–H groups in total. The Balaban J connectivity index is 2.33. The van der Waals surface area contributed by atoms with Crippen LogP contribution in [0.4, 0.5) is 0 Å². The molecule has 0 saturated heterocycles. The molecule has 1 heterocycles. The first-order chi connectivity index (χ1) is 8.17. The molecule has 0 aliphatic rings. The molecule has 1 aromatic heterocycles. The topological polar surface area (TPSA) is 12.0 Å². The summed E-state index contributed by atoms with van der Waals surface area (Å²) < 4.78 is 0.881. The maximum atomic E-state index is 5.95. The van der Waals surface area contributed by atoms with Crippen molar-refractivity contribution < 1.29 is 0 Å². The van der Waals surface area contributed by atoms with Crippen LogP contribution in [-0.4, -0.2) is 6.54 Å². The number of thiophene rings is 1. The molecule has 0 spiro atoms. The molecule has 0 saturated carbocycles. The molecule has 1 aromatic rings. The zero-order valence-corrected chi connectivity index (χ0v) is 12.7. The fourth-order valence-electron chi connectivity index (χ4n) is 1.95. The summed E-state index contributed by atoms with van der Waals surface area (Å²) in [4.78, 5) is 1.33. The lowest BCUT2D eigenvalue weighted by atomic mass is 9.99. The number of halogens is 1. The molecule has 3 heteroatoms. The summed E-state index contributed by atoms with van der Waals surface area (Å²) in [6, 6.07) is 4.52. The molecule has 0 aliphatic heterocycles. The summed E-state index contributed by atoms with van der Waals surface area (Å²) in [6.07, 6.45) is 5.26. The third-order valence-electron chi connectivity index (χ3n) is 3.28. The molecule has 0 aliphatic carbocycles. The van der Waals surface area contributed by atoms with Crippen LogP contribution in [-0.2, 0) is 0 Å². The average Bonchev–Trinajstić information content (AvgIpc) is 2.76. The Labute approximate surface area is 115 Å². The van der Waals surface area contributed by atoms with E-state index in [9.17, 15) is 0 Å². The Kier molecular flexibility index (Phi) is 7.17. The van der Waals surface area contributed by atoms with Gasteiger partial charge in [-0.05, 0) is 37.9 Å². The molecular formula is C14H24ClNS. The molecule has 0 fully saturated rings. The second-order valence-electron chi connectivity index (χ2n) is 4.69. The van der Waals surface area contributed by atoms with Crippen LogP contribution in [0.5, 0.6) is 0 Å². The highest BCUT2D eigenvalue weighted by Crippen LogP contribution is 2.26. The molecular weight excluding hydrogens is 250 g/mol. The Morgan fingerprint density at radius 3 is 2.65 bits per heavy atom. The van der Waals surface area contributed by atoms with Gasteiger partial charge in [0.1, 0.15) is 0 Å². The van der Waals surface area contributed by atoms with Crippen LogP contribution in [0, 0.1) is 5.92 Å². The zero-order valence-electron chi connectivity index (χ0n) is 11.1. The number of rotatable bonds is 8. The summed E-state index contributed by atoms with van der Waals surface area (Å²) in [6.45, 7) is 7.88. The van der Waals surface area contributed by atoms with Crippen LogP contribution >= 0.6 is 22.9 Å². The van der Waals surface area contributed by atoms with Gasteiger partial charge in [0, 0.05) is 10.9 Å². The maximum Gasteiger partial charge on any atom is 0.0931 e. The van der Waals surface area contributed by atoms with Crippen LogP contribution in [0.15, 0.2) is 12.1 Å². The zero-order chi connectivity index (χ0) is 12.7. The highest BCUT2D eigenvalue weighted by Gasteiger charge is 2.11. The highest BCUT2D eigenvalue weighted by molar-refractivity contribution is 7.16. The van der Waals surface area contributed by atoms with Crippen LogP contribution in [0.25, 0.3) is 0 Å². The van der Waals surface area contributed by atoms with E-state index in [4.69, 9.17) is 11.6 Å². The second kappa shape index (κ2) is 8.12. The van der Waals surface area contributed by atoms with Crippen molar-refractivity contribution in [1.29, 1.82) is 0 Å². The summed E-state index contributed by atoms with van der Waals surface area (Å²) in [7, 11) is 0. The number of nitrogens with one attached hydrogen (secondary N) is 1. The van der Waals surface area contributed by atoms with Crippen molar-refractivity contribution in [3.05, 3.63) is 21.3 Å². The van der Waals surface area contributed by atoms with Crippen LogP contribution in [0.2, 0.25) is 4.34 Å². The molecule has 17 heavy (non-hydrogen) atoms. The first kappa shape index (κ1) is 15.0. The molecule has 1 rings (SSSR count).